The molecule has 1 aromatic heterocycles. The Labute approximate surface area is 112 Å². The van der Waals surface area contributed by atoms with Gasteiger partial charge in [0.25, 0.3) is 0 Å². The van der Waals surface area contributed by atoms with Gasteiger partial charge in [-0.2, -0.15) is 0 Å². The average Bonchev–Trinajstić information content (AvgIpc) is 2.75. The molecule has 0 saturated heterocycles. The number of aryl methyl sites for hydroxylation is 1. The number of hydrogen-bond acceptors (Lipinski definition) is 2. The second kappa shape index (κ2) is 6.05. The Bertz CT molecular complexity index is 622. The zero-order valence-corrected chi connectivity index (χ0v) is 11.0. The fraction of sp³-hybridized carbons (Fsp3) is 0.333. The van der Waals surface area contributed by atoms with Gasteiger partial charge < -0.3 is 9.88 Å². The highest BCUT2D eigenvalue weighted by molar-refractivity contribution is 5.81. The summed E-state index contributed by atoms with van der Waals surface area (Å²) < 4.78 is 1.96. The molecule has 0 spiro atoms. The molecule has 0 unspecified atom stereocenters. The van der Waals surface area contributed by atoms with Gasteiger partial charge >= 0.3 is 0 Å². The van der Waals surface area contributed by atoms with Gasteiger partial charge in [0.15, 0.2) is 0 Å². The zero-order valence-electron chi connectivity index (χ0n) is 11.0. The van der Waals surface area contributed by atoms with Crippen molar-refractivity contribution >= 4 is 16.9 Å². The normalized spacial score (nSPS) is 10.3. The van der Waals surface area contributed by atoms with Crippen LogP contribution in [0.1, 0.15) is 19.2 Å². The van der Waals surface area contributed by atoms with Crippen LogP contribution < -0.4 is 5.32 Å². The fourth-order valence-electron chi connectivity index (χ4n) is 2.07. The van der Waals surface area contributed by atoms with Gasteiger partial charge in [0, 0.05) is 6.42 Å². The van der Waals surface area contributed by atoms with E-state index in [0.717, 1.165) is 29.7 Å². The highest BCUT2D eigenvalue weighted by atomic mass is 16.1. The van der Waals surface area contributed by atoms with Crippen LogP contribution in [0.4, 0.5) is 0 Å². The molecule has 1 aromatic carbocycles. The summed E-state index contributed by atoms with van der Waals surface area (Å²) in [5.41, 5.74) is 1.91. The summed E-state index contributed by atoms with van der Waals surface area (Å²) in [4.78, 5) is 16.4. The second-order valence-corrected chi connectivity index (χ2v) is 4.33. The number of carbonyl (C=O) groups excluding carboxylic acids is 1. The van der Waals surface area contributed by atoms with Gasteiger partial charge in [-0.25, -0.2) is 4.98 Å². The van der Waals surface area contributed by atoms with Crippen LogP contribution in [0.3, 0.4) is 0 Å². The third kappa shape index (κ3) is 2.94. The van der Waals surface area contributed by atoms with Crippen molar-refractivity contribution < 1.29 is 4.79 Å². The highest BCUT2D eigenvalue weighted by Crippen LogP contribution is 2.16. The van der Waals surface area contributed by atoms with Crippen LogP contribution in [0.25, 0.3) is 11.0 Å². The van der Waals surface area contributed by atoms with Crippen molar-refractivity contribution in [2.75, 3.05) is 6.54 Å². The number of rotatable bonds is 5. The minimum atomic E-state index is -0.0848. The predicted molar refractivity (Wildman–Crippen MR) is 75.6 cm³/mol. The first-order valence-electron chi connectivity index (χ1n) is 6.40. The van der Waals surface area contributed by atoms with Gasteiger partial charge in [0.1, 0.15) is 12.4 Å². The van der Waals surface area contributed by atoms with E-state index in [1.54, 1.807) is 0 Å². The lowest BCUT2D eigenvalue weighted by molar-refractivity contribution is -0.121. The molecule has 2 aromatic rings. The minimum Gasteiger partial charge on any atom is -0.344 e. The van der Waals surface area contributed by atoms with Crippen LogP contribution in [-0.2, 0) is 17.8 Å². The first-order chi connectivity index (χ1) is 9.26. The zero-order chi connectivity index (χ0) is 13.7. The lowest BCUT2D eigenvalue weighted by atomic mass is 10.3. The molecule has 2 rings (SSSR count). The van der Waals surface area contributed by atoms with E-state index in [2.05, 4.69) is 23.1 Å². The monoisotopic (exact) mass is 255 g/mol. The van der Waals surface area contributed by atoms with Crippen molar-refractivity contribution in [3.63, 3.8) is 0 Å². The molecule has 19 heavy (non-hydrogen) atoms. The number of imidazole rings is 1. The number of fused-ring (bicyclic) bond motifs is 1. The molecule has 0 aliphatic rings. The number of carbonyl (C=O) groups is 1. The van der Waals surface area contributed by atoms with Crippen molar-refractivity contribution in [2.45, 2.75) is 26.3 Å². The Morgan fingerprint density at radius 3 is 3.00 bits per heavy atom. The van der Waals surface area contributed by atoms with E-state index in [0.29, 0.717) is 0 Å². The Balaban J connectivity index is 2.31. The number of aromatic nitrogens is 2. The van der Waals surface area contributed by atoms with Crippen molar-refractivity contribution in [3.05, 3.63) is 30.1 Å². The number of hydrogen-bond donors (Lipinski definition) is 1. The SMILES string of the molecule is C#CCNC(=O)Cn1c(CCC)nc2ccccc21. The molecule has 0 aliphatic carbocycles. The first kappa shape index (κ1) is 13.2. The Morgan fingerprint density at radius 1 is 1.47 bits per heavy atom. The Kier molecular flexibility index (Phi) is 4.19. The summed E-state index contributed by atoms with van der Waals surface area (Å²) in [7, 11) is 0. The van der Waals surface area contributed by atoms with Crippen molar-refractivity contribution in [2.24, 2.45) is 0 Å². The number of benzene rings is 1. The maximum atomic E-state index is 11.8. The van der Waals surface area contributed by atoms with Crippen molar-refractivity contribution in [3.8, 4) is 12.3 Å². The second-order valence-electron chi connectivity index (χ2n) is 4.33. The molecule has 0 radical (unpaired) electrons. The van der Waals surface area contributed by atoms with E-state index >= 15 is 0 Å². The van der Waals surface area contributed by atoms with E-state index in [9.17, 15) is 4.79 Å². The van der Waals surface area contributed by atoms with Crippen LogP contribution >= 0.6 is 0 Å². The molecule has 1 N–H and O–H groups in total. The van der Waals surface area contributed by atoms with Crippen LogP contribution in [0, 0.1) is 12.3 Å². The number of nitrogens with zero attached hydrogens (tertiary/aromatic N) is 2. The summed E-state index contributed by atoms with van der Waals surface area (Å²) in [6.45, 7) is 2.62. The largest absolute Gasteiger partial charge is 0.344 e. The van der Waals surface area contributed by atoms with Crippen LogP contribution in [-0.4, -0.2) is 22.0 Å². The number of nitrogens with one attached hydrogen (secondary N) is 1. The van der Waals surface area contributed by atoms with Gasteiger partial charge in [0.2, 0.25) is 5.91 Å². The van der Waals surface area contributed by atoms with Crippen molar-refractivity contribution in [1.82, 2.24) is 14.9 Å². The van der Waals surface area contributed by atoms with E-state index in [-0.39, 0.29) is 19.0 Å². The summed E-state index contributed by atoms with van der Waals surface area (Å²) in [6.07, 6.45) is 6.99. The lowest BCUT2D eigenvalue weighted by Crippen LogP contribution is -2.28. The smallest absolute Gasteiger partial charge is 0.240 e. The third-order valence-corrected chi connectivity index (χ3v) is 2.90. The summed E-state index contributed by atoms with van der Waals surface area (Å²) in [5, 5.41) is 2.68. The van der Waals surface area contributed by atoms with E-state index in [1.165, 1.54) is 0 Å². The molecule has 0 saturated carbocycles. The van der Waals surface area contributed by atoms with Crippen LogP contribution in [0.15, 0.2) is 24.3 Å². The van der Waals surface area contributed by atoms with Crippen molar-refractivity contribution in [1.29, 1.82) is 0 Å². The number of para-hydroxylation sites is 2. The summed E-state index contributed by atoms with van der Waals surface area (Å²) in [5.74, 6) is 3.26. The molecule has 4 heteroatoms. The number of amides is 1. The number of terminal acetylenes is 1. The summed E-state index contributed by atoms with van der Waals surface area (Å²) in [6, 6.07) is 7.85. The molecule has 0 atom stereocenters. The topological polar surface area (TPSA) is 46.9 Å². The molecule has 1 heterocycles. The van der Waals surface area contributed by atoms with Gasteiger partial charge in [-0.05, 0) is 18.6 Å². The van der Waals surface area contributed by atoms with Gasteiger partial charge in [-0.3, -0.25) is 4.79 Å². The maximum Gasteiger partial charge on any atom is 0.240 e. The standard InChI is InChI=1S/C15H17N3O/c1-3-7-14-17-12-8-5-6-9-13(12)18(14)11-15(19)16-10-4-2/h2,5-6,8-9H,3,7,10-11H2,1H3,(H,16,19). The fourth-order valence-corrected chi connectivity index (χ4v) is 2.07. The Morgan fingerprint density at radius 2 is 2.26 bits per heavy atom. The molecule has 1 amide bonds. The minimum absolute atomic E-state index is 0.0848. The van der Waals surface area contributed by atoms with Crippen LogP contribution in [0.5, 0.6) is 0 Å². The predicted octanol–water partition coefficient (Wildman–Crippen LogP) is 1.74. The lowest BCUT2D eigenvalue weighted by Gasteiger charge is -2.08. The maximum absolute atomic E-state index is 11.8. The van der Waals surface area contributed by atoms with Gasteiger partial charge in [-0.15, -0.1) is 6.42 Å². The van der Waals surface area contributed by atoms with Gasteiger partial charge in [0.05, 0.1) is 17.6 Å². The molecule has 98 valence electrons. The molecule has 0 aliphatic heterocycles. The molecular formula is C15H17N3O. The van der Waals surface area contributed by atoms with E-state index < -0.39 is 0 Å². The molecule has 0 fully saturated rings. The van der Waals surface area contributed by atoms with E-state index in [1.807, 2.05) is 28.8 Å². The third-order valence-electron chi connectivity index (χ3n) is 2.90. The first-order valence-corrected chi connectivity index (χ1v) is 6.40. The Hall–Kier alpha value is -2.28. The highest BCUT2D eigenvalue weighted by Gasteiger charge is 2.12. The summed E-state index contributed by atoms with van der Waals surface area (Å²) >= 11 is 0. The molecular weight excluding hydrogens is 238 g/mol. The van der Waals surface area contributed by atoms with Gasteiger partial charge in [-0.1, -0.05) is 25.0 Å². The molecule has 0 bridgehead atoms. The van der Waals surface area contributed by atoms with E-state index in [4.69, 9.17) is 6.42 Å². The molecule has 4 nitrogen and oxygen atoms in total. The van der Waals surface area contributed by atoms with Crippen LogP contribution in [0.2, 0.25) is 0 Å². The average molecular weight is 255 g/mol. The quantitative estimate of drug-likeness (QED) is 0.827.